The van der Waals surface area contributed by atoms with Gasteiger partial charge in [-0.3, -0.25) is 4.79 Å². The van der Waals surface area contributed by atoms with E-state index in [0.29, 0.717) is 29.2 Å². The van der Waals surface area contributed by atoms with Gasteiger partial charge in [0.25, 0.3) is 0 Å². The standard InChI is InChI=1S/C14H21NO2S/c1-4-13-15-14-11(16)7-10(8-12(14)17-13)6-9(3)18-5-2/h9-10H,4-8H2,1-3H3/t9-,10-/m1/s1. The van der Waals surface area contributed by atoms with E-state index in [-0.39, 0.29) is 5.78 Å². The van der Waals surface area contributed by atoms with Crippen LogP contribution in [0.4, 0.5) is 0 Å². The van der Waals surface area contributed by atoms with Gasteiger partial charge in [-0.2, -0.15) is 11.8 Å². The summed E-state index contributed by atoms with van der Waals surface area (Å²) in [6.07, 6.45) is 3.36. The molecule has 0 unspecified atom stereocenters. The van der Waals surface area contributed by atoms with Crippen molar-refractivity contribution in [2.75, 3.05) is 5.75 Å². The molecular weight excluding hydrogens is 246 g/mol. The molecule has 3 nitrogen and oxygen atoms in total. The van der Waals surface area contributed by atoms with Crippen molar-refractivity contribution >= 4 is 17.5 Å². The lowest BCUT2D eigenvalue weighted by Gasteiger charge is -2.22. The van der Waals surface area contributed by atoms with Gasteiger partial charge in [0, 0.05) is 24.5 Å². The number of ketones is 1. The second-order valence-corrected chi connectivity index (χ2v) is 6.65. The number of carbonyl (C=O) groups is 1. The minimum atomic E-state index is 0.165. The first-order valence-corrected chi connectivity index (χ1v) is 7.82. The third-order valence-corrected chi connectivity index (χ3v) is 4.47. The predicted molar refractivity (Wildman–Crippen MR) is 74.2 cm³/mol. The van der Waals surface area contributed by atoms with Crippen LogP contribution in [0, 0.1) is 5.92 Å². The Morgan fingerprint density at radius 2 is 2.22 bits per heavy atom. The van der Waals surface area contributed by atoms with Gasteiger partial charge in [-0.25, -0.2) is 4.98 Å². The Hall–Kier alpha value is -0.770. The summed E-state index contributed by atoms with van der Waals surface area (Å²) in [5.74, 6) is 3.25. The largest absolute Gasteiger partial charge is 0.445 e. The topological polar surface area (TPSA) is 43.1 Å². The van der Waals surface area contributed by atoms with E-state index in [1.54, 1.807) is 0 Å². The smallest absolute Gasteiger partial charge is 0.194 e. The molecule has 0 amide bonds. The minimum absolute atomic E-state index is 0.165. The van der Waals surface area contributed by atoms with Crippen molar-refractivity contribution in [2.45, 2.75) is 51.7 Å². The van der Waals surface area contributed by atoms with E-state index < -0.39 is 0 Å². The highest BCUT2D eigenvalue weighted by Crippen LogP contribution is 2.31. The molecule has 2 atom stereocenters. The molecule has 0 bridgehead atoms. The van der Waals surface area contributed by atoms with Crippen molar-refractivity contribution in [2.24, 2.45) is 5.92 Å². The second-order valence-electron chi connectivity index (χ2n) is 4.93. The van der Waals surface area contributed by atoms with Crippen LogP contribution in [0.5, 0.6) is 0 Å². The summed E-state index contributed by atoms with van der Waals surface area (Å²) < 4.78 is 5.66. The summed E-state index contributed by atoms with van der Waals surface area (Å²) in [6.45, 7) is 6.42. The SMILES string of the molecule is CCS[C@H](C)C[C@@H]1CC(=O)c2nc(CC)oc2C1. The second kappa shape index (κ2) is 5.91. The highest BCUT2D eigenvalue weighted by atomic mass is 32.2. The number of rotatable bonds is 5. The summed E-state index contributed by atoms with van der Waals surface area (Å²) in [5, 5.41) is 0.614. The molecule has 0 radical (unpaired) electrons. The van der Waals surface area contributed by atoms with E-state index in [0.717, 1.165) is 30.8 Å². The van der Waals surface area contributed by atoms with Crippen LogP contribution in [0.15, 0.2) is 4.42 Å². The third-order valence-electron chi connectivity index (χ3n) is 3.37. The Morgan fingerprint density at radius 1 is 1.44 bits per heavy atom. The van der Waals surface area contributed by atoms with Crippen LogP contribution < -0.4 is 0 Å². The fourth-order valence-electron chi connectivity index (χ4n) is 2.59. The van der Waals surface area contributed by atoms with Gasteiger partial charge < -0.3 is 4.42 Å². The van der Waals surface area contributed by atoms with Crippen LogP contribution in [-0.2, 0) is 12.8 Å². The number of hydrogen-bond donors (Lipinski definition) is 0. The summed E-state index contributed by atoms with van der Waals surface area (Å²) in [4.78, 5) is 16.3. The van der Waals surface area contributed by atoms with Crippen molar-refractivity contribution in [3.8, 4) is 0 Å². The summed E-state index contributed by atoms with van der Waals surface area (Å²) in [6, 6.07) is 0. The highest BCUT2D eigenvalue weighted by molar-refractivity contribution is 7.99. The first kappa shape index (κ1) is 13.7. The van der Waals surface area contributed by atoms with E-state index in [2.05, 4.69) is 18.8 Å². The lowest BCUT2D eigenvalue weighted by molar-refractivity contribution is 0.0937. The maximum Gasteiger partial charge on any atom is 0.194 e. The molecule has 18 heavy (non-hydrogen) atoms. The predicted octanol–water partition coefficient (Wildman–Crippen LogP) is 3.51. The molecule has 1 aliphatic carbocycles. The van der Waals surface area contributed by atoms with Crippen LogP contribution in [0.2, 0.25) is 0 Å². The first-order valence-electron chi connectivity index (χ1n) is 6.77. The number of fused-ring (bicyclic) bond motifs is 1. The number of nitrogens with zero attached hydrogens (tertiary/aromatic N) is 1. The maximum atomic E-state index is 12.0. The van der Waals surface area contributed by atoms with Gasteiger partial charge in [-0.1, -0.05) is 20.8 Å². The summed E-state index contributed by atoms with van der Waals surface area (Å²) in [7, 11) is 0. The molecule has 0 spiro atoms. The van der Waals surface area contributed by atoms with Crippen LogP contribution in [0.25, 0.3) is 0 Å². The van der Waals surface area contributed by atoms with Crippen LogP contribution >= 0.6 is 11.8 Å². The fourth-order valence-corrected chi connectivity index (χ4v) is 3.57. The van der Waals surface area contributed by atoms with Gasteiger partial charge in [0.15, 0.2) is 11.7 Å². The fraction of sp³-hybridized carbons (Fsp3) is 0.714. The monoisotopic (exact) mass is 267 g/mol. The Kier molecular flexibility index (Phi) is 4.49. The summed E-state index contributed by atoms with van der Waals surface area (Å²) in [5.41, 5.74) is 0.596. The van der Waals surface area contributed by atoms with Gasteiger partial charge in [-0.05, 0) is 18.1 Å². The molecule has 1 aromatic heterocycles. The van der Waals surface area contributed by atoms with Gasteiger partial charge >= 0.3 is 0 Å². The Labute approximate surface area is 113 Å². The molecule has 0 aromatic carbocycles. The zero-order chi connectivity index (χ0) is 13.1. The van der Waals surface area contributed by atoms with Crippen molar-refractivity contribution in [1.29, 1.82) is 0 Å². The van der Waals surface area contributed by atoms with E-state index in [9.17, 15) is 4.79 Å². The molecule has 2 rings (SSSR count). The van der Waals surface area contributed by atoms with Gasteiger partial charge in [-0.15, -0.1) is 0 Å². The molecule has 1 heterocycles. The third kappa shape index (κ3) is 2.97. The van der Waals surface area contributed by atoms with Gasteiger partial charge in [0.2, 0.25) is 0 Å². The zero-order valence-corrected chi connectivity index (χ0v) is 12.2. The number of hydrogen-bond acceptors (Lipinski definition) is 4. The van der Waals surface area contributed by atoms with Gasteiger partial charge in [0.1, 0.15) is 11.5 Å². The Balaban J connectivity index is 2.05. The van der Waals surface area contributed by atoms with Gasteiger partial charge in [0.05, 0.1) is 0 Å². The van der Waals surface area contributed by atoms with Crippen molar-refractivity contribution in [3.63, 3.8) is 0 Å². The molecule has 0 saturated heterocycles. The molecule has 1 aromatic rings. The molecular formula is C14H21NO2S. The van der Waals surface area contributed by atoms with E-state index in [4.69, 9.17) is 4.42 Å². The quantitative estimate of drug-likeness (QED) is 0.818. The summed E-state index contributed by atoms with van der Waals surface area (Å²) >= 11 is 1.96. The Morgan fingerprint density at radius 3 is 2.89 bits per heavy atom. The first-order chi connectivity index (χ1) is 8.63. The van der Waals surface area contributed by atoms with Crippen LogP contribution in [-0.4, -0.2) is 21.8 Å². The number of thioether (sulfide) groups is 1. The molecule has 0 N–H and O–H groups in total. The van der Waals surface area contributed by atoms with Crippen molar-refractivity contribution < 1.29 is 9.21 Å². The molecule has 0 aliphatic heterocycles. The molecule has 4 heteroatoms. The number of oxazole rings is 1. The number of aryl methyl sites for hydroxylation is 1. The van der Waals surface area contributed by atoms with Crippen LogP contribution in [0.1, 0.15) is 55.8 Å². The van der Waals surface area contributed by atoms with Crippen LogP contribution in [0.3, 0.4) is 0 Å². The lowest BCUT2D eigenvalue weighted by atomic mass is 9.86. The average molecular weight is 267 g/mol. The van der Waals surface area contributed by atoms with Crippen molar-refractivity contribution in [1.82, 2.24) is 4.98 Å². The number of Topliss-reactive ketones (excluding diaryl/α,β-unsaturated/α-hetero) is 1. The zero-order valence-electron chi connectivity index (χ0n) is 11.4. The average Bonchev–Trinajstić information content (AvgIpc) is 2.72. The maximum absolute atomic E-state index is 12.0. The minimum Gasteiger partial charge on any atom is -0.445 e. The number of aromatic nitrogens is 1. The molecule has 0 saturated carbocycles. The van der Waals surface area contributed by atoms with Crippen molar-refractivity contribution in [3.05, 3.63) is 17.3 Å². The number of carbonyl (C=O) groups excluding carboxylic acids is 1. The molecule has 0 fully saturated rings. The molecule has 100 valence electrons. The highest BCUT2D eigenvalue weighted by Gasteiger charge is 2.30. The van der Waals surface area contributed by atoms with E-state index in [1.807, 2.05) is 18.7 Å². The Bertz CT molecular complexity index is 427. The van der Waals surface area contributed by atoms with E-state index >= 15 is 0 Å². The lowest BCUT2D eigenvalue weighted by Crippen LogP contribution is -2.22. The van der Waals surface area contributed by atoms with E-state index in [1.165, 1.54) is 0 Å². The normalized spacial score (nSPS) is 20.8. The molecule has 1 aliphatic rings.